The Bertz CT molecular complexity index is 111. The smallest absolute Gasteiger partial charge is 0.0394 e. The molecule has 2 rings (SSSR count). The molecule has 1 aliphatic carbocycles. The van der Waals surface area contributed by atoms with E-state index < -0.39 is 0 Å². The zero-order valence-electron chi connectivity index (χ0n) is 4.35. The number of aliphatic imine (C=N–C) groups is 1. The van der Waals surface area contributed by atoms with Crippen molar-refractivity contribution in [1.29, 1.82) is 0 Å². The summed E-state index contributed by atoms with van der Waals surface area (Å²) in [4.78, 5) is 4.17. The van der Waals surface area contributed by atoms with Crippen LogP contribution in [0.15, 0.2) is 4.99 Å². The van der Waals surface area contributed by atoms with Crippen LogP contribution in [0.2, 0.25) is 0 Å². The normalized spacial score (nSPS) is 32.0. The molecule has 0 atom stereocenters. The molecule has 0 aromatic heterocycles. The van der Waals surface area contributed by atoms with E-state index in [0.29, 0.717) is 5.41 Å². The molecule has 1 heterocycles. The molecule has 38 valence electrons. The van der Waals surface area contributed by atoms with Crippen molar-refractivity contribution in [1.82, 2.24) is 0 Å². The number of hydrogen-bond acceptors (Lipinski definition) is 1. The average molecular weight is 95.1 g/mol. The highest BCUT2D eigenvalue weighted by Gasteiger charge is 2.42. The SMILES string of the molecule is C1=NCCC12CC2. The van der Waals surface area contributed by atoms with Gasteiger partial charge in [-0.25, -0.2) is 0 Å². The predicted octanol–water partition coefficient (Wildman–Crippen LogP) is 1.24. The summed E-state index contributed by atoms with van der Waals surface area (Å²) in [5.41, 5.74) is 0.653. The second kappa shape index (κ2) is 0.908. The maximum atomic E-state index is 4.17. The van der Waals surface area contributed by atoms with Gasteiger partial charge in [-0.3, -0.25) is 4.99 Å². The molecule has 0 amide bonds. The molecule has 1 heteroatoms. The highest BCUT2D eigenvalue weighted by Crippen LogP contribution is 2.49. The standard InChI is InChI=1S/C6H9N/c1-2-6(1)3-4-7-5-6/h5H,1-4H2. The molecular weight excluding hydrogens is 86.1 g/mol. The average Bonchev–Trinajstić information content (AvgIpc) is 2.15. The molecule has 0 unspecified atom stereocenters. The first-order valence-electron chi connectivity index (χ1n) is 2.92. The number of hydrogen-bond donors (Lipinski definition) is 0. The van der Waals surface area contributed by atoms with Crippen LogP contribution >= 0.6 is 0 Å². The van der Waals surface area contributed by atoms with Gasteiger partial charge in [-0.15, -0.1) is 0 Å². The van der Waals surface area contributed by atoms with Crippen molar-refractivity contribution in [3.63, 3.8) is 0 Å². The Morgan fingerprint density at radius 2 is 2.14 bits per heavy atom. The first kappa shape index (κ1) is 3.65. The molecule has 0 radical (unpaired) electrons. The van der Waals surface area contributed by atoms with Crippen LogP contribution in [0.5, 0.6) is 0 Å². The second-order valence-corrected chi connectivity index (χ2v) is 2.65. The summed E-state index contributed by atoms with van der Waals surface area (Å²) >= 11 is 0. The van der Waals surface area contributed by atoms with E-state index in [4.69, 9.17) is 0 Å². The lowest BCUT2D eigenvalue weighted by Gasteiger charge is -1.92. The summed E-state index contributed by atoms with van der Waals surface area (Å²) in [5, 5.41) is 0. The summed E-state index contributed by atoms with van der Waals surface area (Å²) in [7, 11) is 0. The van der Waals surface area contributed by atoms with E-state index >= 15 is 0 Å². The first-order chi connectivity index (χ1) is 3.41. The highest BCUT2D eigenvalue weighted by atomic mass is 14.8. The lowest BCUT2D eigenvalue weighted by atomic mass is 10.1. The molecule has 0 aromatic carbocycles. The fourth-order valence-electron chi connectivity index (χ4n) is 1.15. The third kappa shape index (κ3) is 0.409. The molecule has 1 fully saturated rings. The molecule has 1 saturated carbocycles. The van der Waals surface area contributed by atoms with E-state index in [9.17, 15) is 0 Å². The Morgan fingerprint density at radius 3 is 2.43 bits per heavy atom. The minimum Gasteiger partial charge on any atom is -0.297 e. The minimum absolute atomic E-state index is 0.653. The van der Waals surface area contributed by atoms with Gasteiger partial charge < -0.3 is 0 Å². The summed E-state index contributed by atoms with van der Waals surface area (Å²) in [6, 6.07) is 0. The Hall–Kier alpha value is -0.330. The van der Waals surface area contributed by atoms with Gasteiger partial charge in [0.1, 0.15) is 0 Å². The number of nitrogens with zero attached hydrogens (tertiary/aromatic N) is 1. The fraction of sp³-hybridized carbons (Fsp3) is 0.833. The molecule has 2 aliphatic rings. The van der Waals surface area contributed by atoms with Crippen LogP contribution in [0.25, 0.3) is 0 Å². The van der Waals surface area contributed by atoms with Crippen LogP contribution in [0.4, 0.5) is 0 Å². The van der Waals surface area contributed by atoms with Crippen molar-refractivity contribution in [2.45, 2.75) is 19.3 Å². The first-order valence-corrected chi connectivity index (χ1v) is 2.92. The maximum absolute atomic E-state index is 4.17. The van der Waals surface area contributed by atoms with Crippen molar-refractivity contribution in [2.75, 3.05) is 6.54 Å². The molecule has 0 N–H and O–H groups in total. The van der Waals surface area contributed by atoms with Crippen molar-refractivity contribution < 1.29 is 0 Å². The van der Waals surface area contributed by atoms with E-state index in [0.717, 1.165) is 6.54 Å². The van der Waals surface area contributed by atoms with Crippen LogP contribution in [-0.2, 0) is 0 Å². The van der Waals surface area contributed by atoms with Crippen LogP contribution in [0, 0.1) is 5.41 Å². The van der Waals surface area contributed by atoms with Crippen molar-refractivity contribution in [3.05, 3.63) is 0 Å². The van der Waals surface area contributed by atoms with Gasteiger partial charge in [0.25, 0.3) is 0 Å². The monoisotopic (exact) mass is 95.1 g/mol. The van der Waals surface area contributed by atoms with Gasteiger partial charge in [0.15, 0.2) is 0 Å². The Morgan fingerprint density at radius 1 is 1.29 bits per heavy atom. The van der Waals surface area contributed by atoms with Gasteiger partial charge in [0, 0.05) is 18.2 Å². The molecule has 0 saturated heterocycles. The zero-order chi connectivity index (χ0) is 4.74. The molecule has 7 heavy (non-hydrogen) atoms. The molecule has 1 aliphatic heterocycles. The van der Waals surface area contributed by atoms with E-state index in [1.807, 2.05) is 0 Å². The van der Waals surface area contributed by atoms with Crippen LogP contribution in [0.3, 0.4) is 0 Å². The molecule has 0 bridgehead atoms. The van der Waals surface area contributed by atoms with Gasteiger partial charge in [0.2, 0.25) is 0 Å². The van der Waals surface area contributed by atoms with Gasteiger partial charge in [-0.1, -0.05) is 0 Å². The van der Waals surface area contributed by atoms with Gasteiger partial charge >= 0.3 is 0 Å². The summed E-state index contributed by atoms with van der Waals surface area (Å²) in [6.45, 7) is 1.10. The quantitative estimate of drug-likeness (QED) is 0.429. The Kier molecular flexibility index (Phi) is 0.473. The lowest BCUT2D eigenvalue weighted by Crippen LogP contribution is -1.93. The number of rotatable bonds is 0. The van der Waals surface area contributed by atoms with Gasteiger partial charge in [0.05, 0.1) is 0 Å². The maximum Gasteiger partial charge on any atom is 0.0394 e. The zero-order valence-corrected chi connectivity index (χ0v) is 4.35. The van der Waals surface area contributed by atoms with E-state index in [1.165, 1.54) is 19.3 Å². The Balaban J connectivity index is 2.22. The van der Waals surface area contributed by atoms with Gasteiger partial charge in [-0.05, 0) is 19.3 Å². The largest absolute Gasteiger partial charge is 0.297 e. The van der Waals surface area contributed by atoms with Crippen molar-refractivity contribution >= 4 is 6.21 Å². The molecular formula is C6H9N. The summed E-state index contributed by atoms with van der Waals surface area (Å²) in [5.74, 6) is 0. The lowest BCUT2D eigenvalue weighted by molar-refractivity contribution is 0.693. The van der Waals surface area contributed by atoms with Gasteiger partial charge in [-0.2, -0.15) is 0 Å². The third-order valence-corrected chi connectivity index (χ3v) is 2.00. The fourth-order valence-corrected chi connectivity index (χ4v) is 1.15. The molecule has 1 nitrogen and oxygen atoms in total. The van der Waals surface area contributed by atoms with Crippen LogP contribution in [-0.4, -0.2) is 12.8 Å². The predicted molar refractivity (Wildman–Crippen MR) is 29.6 cm³/mol. The topological polar surface area (TPSA) is 12.4 Å². The second-order valence-electron chi connectivity index (χ2n) is 2.65. The highest BCUT2D eigenvalue weighted by molar-refractivity contribution is 5.71. The minimum atomic E-state index is 0.653. The van der Waals surface area contributed by atoms with Crippen molar-refractivity contribution in [3.8, 4) is 0 Å². The molecule has 0 aromatic rings. The summed E-state index contributed by atoms with van der Waals surface area (Å²) in [6.07, 6.45) is 6.33. The van der Waals surface area contributed by atoms with E-state index in [-0.39, 0.29) is 0 Å². The van der Waals surface area contributed by atoms with Crippen LogP contribution < -0.4 is 0 Å². The van der Waals surface area contributed by atoms with E-state index in [1.54, 1.807) is 0 Å². The third-order valence-electron chi connectivity index (χ3n) is 2.00. The Labute approximate surface area is 43.4 Å². The molecule has 1 spiro atoms. The summed E-state index contributed by atoms with van der Waals surface area (Å²) < 4.78 is 0. The van der Waals surface area contributed by atoms with Crippen LogP contribution in [0.1, 0.15) is 19.3 Å². The van der Waals surface area contributed by atoms with E-state index in [2.05, 4.69) is 11.2 Å². The van der Waals surface area contributed by atoms with Crippen molar-refractivity contribution in [2.24, 2.45) is 10.4 Å².